The molecular weight excluding hydrogens is 394 g/mol. The number of carbonyl (C=O) groups excluding carboxylic acids is 1. The molecule has 0 radical (unpaired) electrons. The maximum atomic E-state index is 12.7. The number of nitro groups is 1. The van der Waals surface area contributed by atoms with Gasteiger partial charge in [-0.3, -0.25) is 19.8 Å². The van der Waals surface area contributed by atoms with Gasteiger partial charge in [0.1, 0.15) is 0 Å². The van der Waals surface area contributed by atoms with Gasteiger partial charge in [-0.1, -0.05) is 12.1 Å². The van der Waals surface area contributed by atoms with Crippen LogP contribution in [0.4, 0.5) is 11.4 Å². The van der Waals surface area contributed by atoms with Gasteiger partial charge in [-0.2, -0.15) is 0 Å². The predicted molar refractivity (Wildman–Crippen MR) is 112 cm³/mol. The van der Waals surface area contributed by atoms with Crippen molar-refractivity contribution in [2.75, 3.05) is 18.4 Å². The zero-order valence-electron chi connectivity index (χ0n) is 15.3. The summed E-state index contributed by atoms with van der Waals surface area (Å²) < 4.78 is 0. The summed E-state index contributed by atoms with van der Waals surface area (Å²) in [6, 6.07) is 11.1. The topological polar surface area (TPSA) is 75.5 Å². The van der Waals surface area contributed by atoms with Crippen molar-refractivity contribution in [2.45, 2.75) is 19.4 Å². The number of nitrogens with zero attached hydrogens (tertiary/aromatic N) is 2. The zero-order valence-corrected chi connectivity index (χ0v) is 16.9. The van der Waals surface area contributed by atoms with Crippen LogP contribution in [0.2, 0.25) is 0 Å². The lowest BCUT2D eigenvalue weighted by Gasteiger charge is -2.34. The second-order valence-electron chi connectivity index (χ2n) is 6.74. The fraction of sp³-hybridized carbons (Fsp3) is 0.250. The fourth-order valence-electron chi connectivity index (χ4n) is 3.59. The van der Waals surface area contributed by atoms with E-state index in [1.54, 1.807) is 41.7 Å². The van der Waals surface area contributed by atoms with Crippen LogP contribution in [-0.4, -0.2) is 28.8 Å². The third-order valence-corrected chi connectivity index (χ3v) is 6.84. The Morgan fingerprint density at radius 2 is 2.14 bits per heavy atom. The quantitative estimate of drug-likeness (QED) is 0.489. The van der Waals surface area contributed by atoms with E-state index in [0.717, 1.165) is 13.0 Å². The third kappa shape index (κ3) is 3.71. The minimum atomic E-state index is -0.430. The number of aryl methyl sites for hydroxylation is 1. The van der Waals surface area contributed by atoms with Crippen LogP contribution in [0.3, 0.4) is 0 Å². The van der Waals surface area contributed by atoms with Crippen molar-refractivity contribution >= 4 is 40.0 Å². The van der Waals surface area contributed by atoms with Gasteiger partial charge in [-0.25, -0.2) is 0 Å². The van der Waals surface area contributed by atoms with Gasteiger partial charge in [0.05, 0.1) is 17.5 Å². The summed E-state index contributed by atoms with van der Waals surface area (Å²) in [7, 11) is 0. The Labute approximate surface area is 170 Å². The Kier molecular flexibility index (Phi) is 5.25. The molecule has 0 spiro atoms. The van der Waals surface area contributed by atoms with Crippen molar-refractivity contribution < 1.29 is 9.72 Å². The van der Waals surface area contributed by atoms with Crippen molar-refractivity contribution in [2.24, 2.45) is 0 Å². The minimum absolute atomic E-state index is 0.00940. The summed E-state index contributed by atoms with van der Waals surface area (Å²) in [5.41, 5.74) is 2.30. The molecule has 3 aromatic rings. The average molecular weight is 414 g/mol. The normalized spacial score (nSPS) is 16.5. The van der Waals surface area contributed by atoms with E-state index in [1.807, 2.05) is 6.07 Å². The van der Waals surface area contributed by atoms with Crippen molar-refractivity contribution in [1.29, 1.82) is 0 Å². The van der Waals surface area contributed by atoms with Gasteiger partial charge < -0.3 is 5.32 Å². The standard InChI is InChI=1S/C20H19N3O3S2/c1-13-4-5-14(11-16(13)23(25)26)21-19(24)12-22-8-6-17-15(7-10-28-17)20(22)18-3-2-9-27-18/h2-5,7,9-11,20H,6,8,12H2,1H3,(H,21,24)/t20-/m1/s1. The number of amides is 1. The van der Waals surface area contributed by atoms with E-state index in [9.17, 15) is 14.9 Å². The zero-order chi connectivity index (χ0) is 19.7. The molecule has 0 aliphatic carbocycles. The number of benzene rings is 1. The number of carbonyl (C=O) groups is 1. The molecule has 1 amide bonds. The first-order valence-corrected chi connectivity index (χ1v) is 10.7. The van der Waals surface area contributed by atoms with Crippen LogP contribution in [-0.2, 0) is 11.2 Å². The summed E-state index contributed by atoms with van der Waals surface area (Å²) in [6.45, 7) is 2.72. The summed E-state index contributed by atoms with van der Waals surface area (Å²) in [5.74, 6) is -0.168. The molecule has 2 aromatic heterocycles. The molecule has 1 aliphatic rings. The van der Waals surface area contributed by atoms with Crippen LogP contribution in [0.15, 0.2) is 47.2 Å². The van der Waals surface area contributed by atoms with E-state index in [-0.39, 0.29) is 24.2 Å². The van der Waals surface area contributed by atoms with Crippen LogP contribution in [0.25, 0.3) is 0 Å². The van der Waals surface area contributed by atoms with E-state index in [2.05, 4.69) is 33.1 Å². The first-order chi connectivity index (χ1) is 13.5. The van der Waals surface area contributed by atoms with Gasteiger partial charge in [-0.05, 0) is 47.9 Å². The lowest BCUT2D eigenvalue weighted by molar-refractivity contribution is -0.385. The Balaban J connectivity index is 1.53. The molecule has 1 aromatic carbocycles. The molecule has 144 valence electrons. The molecule has 4 rings (SSSR count). The molecule has 1 N–H and O–H groups in total. The Morgan fingerprint density at radius 1 is 1.29 bits per heavy atom. The third-order valence-electron chi connectivity index (χ3n) is 4.91. The van der Waals surface area contributed by atoms with Crippen molar-refractivity contribution in [1.82, 2.24) is 4.90 Å². The molecule has 0 bridgehead atoms. The van der Waals surface area contributed by atoms with Gasteiger partial charge in [0, 0.05) is 33.6 Å². The maximum Gasteiger partial charge on any atom is 0.274 e. The molecular formula is C20H19N3O3S2. The molecule has 1 aliphatic heterocycles. The summed E-state index contributed by atoms with van der Waals surface area (Å²) >= 11 is 3.46. The van der Waals surface area contributed by atoms with Gasteiger partial charge in [0.15, 0.2) is 0 Å². The fourth-order valence-corrected chi connectivity index (χ4v) is 5.37. The average Bonchev–Trinajstić information content (AvgIpc) is 3.34. The van der Waals surface area contributed by atoms with Crippen molar-refractivity contribution in [3.8, 4) is 0 Å². The molecule has 0 saturated heterocycles. The minimum Gasteiger partial charge on any atom is -0.325 e. The number of nitrogens with one attached hydrogen (secondary N) is 1. The molecule has 28 heavy (non-hydrogen) atoms. The number of anilines is 1. The molecule has 1 atom stereocenters. The molecule has 3 heterocycles. The molecule has 0 unspecified atom stereocenters. The summed E-state index contributed by atoms with van der Waals surface area (Å²) in [5, 5.41) is 18.1. The molecule has 0 fully saturated rings. The van der Waals surface area contributed by atoms with Gasteiger partial charge in [0.2, 0.25) is 5.91 Å². The summed E-state index contributed by atoms with van der Waals surface area (Å²) in [4.78, 5) is 28.2. The molecule has 8 heteroatoms. The van der Waals surface area contributed by atoms with Crippen LogP contribution in [0.1, 0.15) is 26.9 Å². The van der Waals surface area contributed by atoms with Crippen LogP contribution in [0.5, 0.6) is 0 Å². The molecule has 6 nitrogen and oxygen atoms in total. The van der Waals surface area contributed by atoms with E-state index in [4.69, 9.17) is 0 Å². The first-order valence-electron chi connectivity index (χ1n) is 8.91. The lowest BCUT2D eigenvalue weighted by atomic mass is 9.98. The second-order valence-corrected chi connectivity index (χ2v) is 8.72. The smallest absolute Gasteiger partial charge is 0.274 e. The maximum absolute atomic E-state index is 12.7. The highest BCUT2D eigenvalue weighted by atomic mass is 32.1. The Bertz CT molecular complexity index is 1010. The van der Waals surface area contributed by atoms with Crippen molar-refractivity contribution in [3.63, 3.8) is 0 Å². The monoisotopic (exact) mass is 413 g/mol. The van der Waals surface area contributed by atoms with Crippen molar-refractivity contribution in [3.05, 3.63) is 78.2 Å². The number of fused-ring (bicyclic) bond motifs is 1. The predicted octanol–water partition coefficient (Wildman–Crippen LogP) is 4.61. The largest absolute Gasteiger partial charge is 0.325 e. The number of hydrogen-bond donors (Lipinski definition) is 1. The lowest BCUT2D eigenvalue weighted by Crippen LogP contribution is -2.40. The van der Waals surface area contributed by atoms with E-state index in [1.165, 1.54) is 21.4 Å². The Morgan fingerprint density at radius 3 is 2.89 bits per heavy atom. The number of hydrogen-bond acceptors (Lipinski definition) is 6. The second kappa shape index (κ2) is 7.83. The highest BCUT2D eigenvalue weighted by Crippen LogP contribution is 2.39. The number of nitro benzene ring substituents is 1. The van der Waals surface area contributed by atoms with Crippen LogP contribution in [0, 0.1) is 17.0 Å². The number of rotatable bonds is 5. The highest BCUT2D eigenvalue weighted by Gasteiger charge is 2.31. The SMILES string of the molecule is Cc1ccc(NC(=O)CN2CCc3sccc3[C@@H]2c2cccs2)cc1[N+](=O)[O-]. The Hall–Kier alpha value is -2.55. The van der Waals surface area contributed by atoms with E-state index < -0.39 is 4.92 Å². The summed E-state index contributed by atoms with van der Waals surface area (Å²) in [6.07, 6.45) is 0.929. The molecule has 0 saturated carbocycles. The van der Waals surface area contributed by atoms with Crippen LogP contribution >= 0.6 is 22.7 Å². The van der Waals surface area contributed by atoms with Crippen LogP contribution < -0.4 is 5.32 Å². The van der Waals surface area contributed by atoms with Gasteiger partial charge in [-0.15, -0.1) is 22.7 Å². The highest BCUT2D eigenvalue weighted by molar-refractivity contribution is 7.10. The van der Waals surface area contributed by atoms with E-state index in [0.29, 0.717) is 11.3 Å². The van der Waals surface area contributed by atoms with E-state index >= 15 is 0 Å². The first kappa shape index (κ1) is 18.8. The number of thiophene rings is 2. The van der Waals surface area contributed by atoms with Gasteiger partial charge >= 0.3 is 0 Å². The van der Waals surface area contributed by atoms with Gasteiger partial charge in [0.25, 0.3) is 5.69 Å².